The summed E-state index contributed by atoms with van der Waals surface area (Å²) in [7, 11) is 0. The Hall–Kier alpha value is -2.49. The summed E-state index contributed by atoms with van der Waals surface area (Å²) in [5.74, 6) is -0.898. The summed E-state index contributed by atoms with van der Waals surface area (Å²) in [5.41, 5.74) is 0.968. The van der Waals surface area contributed by atoms with Crippen LogP contribution in [0.25, 0.3) is 0 Å². The lowest BCUT2D eigenvalue weighted by molar-refractivity contribution is 0.0696. The Kier molecular flexibility index (Phi) is 3.48. The van der Waals surface area contributed by atoms with Gasteiger partial charge in [0, 0.05) is 6.07 Å². The molecule has 0 unspecified atom stereocenters. The topological polar surface area (TPSA) is 66.8 Å². The van der Waals surface area contributed by atoms with Crippen molar-refractivity contribution in [3.63, 3.8) is 0 Å². The average molecular weight is 244 g/mol. The number of hydrogen-bond donors (Lipinski definition) is 2. The minimum absolute atomic E-state index is 0.00179. The molecule has 0 bridgehead atoms. The third-order valence-corrected chi connectivity index (χ3v) is 2.39. The van der Waals surface area contributed by atoms with Crippen molar-refractivity contribution in [2.75, 3.05) is 0 Å². The van der Waals surface area contributed by atoms with Crippen molar-refractivity contribution in [2.24, 2.45) is 0 Å². The highest BCUT2D eigenvalue weighted by Gasteiger charge is 2.07. The van der Waals surface area contributed by atoms with Crippen LogP contribution in [0, 0.1) is 0 Å². The summed E-state index contributed by atoms with van der Waals surface area (Å²) in [6, 6.07) is 13.4. The molecule has 0 aromatic heterocycles. The first-order valence-corrected chi connectivity index (χ1v) is 5.39. The van der Waals surface area contributed by atoms with Crippen LogP contribution < -0.4 is 4.74 Å². The molecule has 2 N–H and O–H groups in total. The Bertz CT molecular complexity index is 549. The van der Waals surface area contributed by atoms with Gasteiger partial charge < -0.3 is 14.9 Å². The van der Waals surface area contributed by atoms with Crippen molar-refractivity contribution in [3.05, 3.63) is 59.7 Å². The molecule has 0 atom stereocenters. The molecule has 92 valence electrons. The Morgan fingerprint density at radius 2 is 1.83 bits per heavy atom. The highest BCUT2D eigenvalue weighted by atomic mass is 16.5. The molecule has 4 heteroatoms. The number of carboxylic acid groups (broad SMARTS) is 1. The number of ether oxygens (including phenoxy) is 1. The number of rotatable bonds is 4. The number of benzene rings is 2. The summed E-state index contributed by atoms with van der Waals surface area (Å²) in [6.07, 6.45) is 0. The van der Waals surface area contributed by atoms with Crippen LogP contribution >= 0.6 is 0 Å². The normalized spacial score (nSPS) is 10.0. The maximum absolute atomic E-state index is 10.8. The van der Waals surface area contributed by atoms with E-state index in [4.69, 9.17) is 9.84 Å². The van der Waals surface area contributed by atoms with E-state index in [0.717, 1.165) is 5.56 Å². The van der Waals surface area contributed by atoms with E-state index < -0.39 is 5.97 Å². The van der Waals surface area contributed by atoms with Gasteiger partial charge in [-0.25, -0.2) is 4.79 Å². The highest BCUT2D eigenvalue weighted by molar-refractivity contribution is 5.88. The third-order valence-electron chi connectivity index (χ3n) is 2.39. The SMILES string of the molecule is O=C(O)c1cc(O)cc(OCc2ccccc2)c1. The van der Waals surface area contributed by atoms with Crippen molar-refractivity contribution in [2.45, 2.75) is 6.61 Å². The monoisotopic (exact) mass is 244 g/mol. The first-order chi connectivity index (χ1) is 8.65. The van der Waals surface area contributed by atoms with E-state index in [1.54, 1.807) is 0 Å². The van der Waals surface area contributed by atoms with E-state index in [-0.39, 0.29) is 11.3 Å². The quantitative estimate of drug-likeness (QED) is 0.867. The first kappa shape index (κ1) is 12.0. The zero-order chi connectivity index (χ0) is 13.0. The Labute approximate surface area is 104 Å². The number of carboxylic acids is 1. The number of hydrogen-bond acceptors (Lipinski definition) is 3. The Balaban J connectivity index is 2.12. The van der Waals surface area contributed by atoms with Gasteiger partial charge in [-0.3, -0.25) is 0 Å². The van der Waals surface area contributed by atoms with Crippen molar-refractivity contribution >= 4 is 5.97 Å². The molecular formula is C14H12O4. The predicted octanol–water partition coefficient (Wildman–Crippen LogP) is 2.67. The lowest BCUT2D eigenvalue weighted by atomic mass is 10.2. The van der Waals surface area contributed by atoms with Crippen LogP contribution in [0.2, 0.25) is 0 Å². The van der Waals surface area contributed by atoms with E-state index in [9.17, 15) is 9.90 Å². The van der Waals surface area contributed by atoms with Crippen LogP contribution in [0.5, 0.6) is 11.5 Å². The molecule has 0 aliphatic rings. The zero-order valence-corrected chi connectivity index (χ0v) is 9.54. The van der Waals surface area contributed by atoms with Gasteiger partial charge in [-0.05, 0) is 17.7 Å². The van der Waals surface area contributed by atoms with Gasteiger partial charge in [0.1, 0.15) is 18.1 Å². The van der Waals surface area contributed by atoms with Crippen LogP contribution in [0.15, 0.2) is 48.5 Å². The number of carbonyl (C=O) groups is 1. The van der Waals surface area contributed by atoms with Gasteiger partial charge in [-0.15, -0.1) is 0 Å². The summed E-state index contributed by atoms with van der Waals surface area (Å²) in [5, 5.41) is 18.2. The largest absolute Gasteiger partial charge is 0.508 e. The molecule has 2 aromatic carbocycles. The second-order valence-corrected chi connectivity index (χ2v) is 3.80. The smallest absolute Gasteiger partial charge is 0.335 e. The molecular weight excluding hydrogens is 232 g/mol. The van der Waals surface area contributed by atoms with Gasteiger partial charge >= 0.3 is 5.97 Å². The van der Waals surface area contributed by atoms with Crippen LogP contribution in [-0.2, 0) is 6.61 Å². The van der Waals surface area contributed by atoms with E-state index in [1.165, 1.54) is 18.2 Å². The fraction of sp³-hybridized carbons (Fsp3) is 0.0714. The molecule has 0 radical (unpaired) electrons. The molecule has 0 aliphatic heterocycles. The van der Waals surface area contributed by atoms with E-state index in [2.05, 4.69) is 0 Å². The Morgan fingerprint density at radius 1 is 1.11 bits per heavy atom. The molecule has 0 spiro atoms. The third kappa shape index (κ3) is 3.01. The fourth-order valence-electron chi connectivity index (χ4n) is 1.53. The predicted molar refractivity (Wildman–Crippen MR) is 65.8 cm³/mol. The number of aromatic hydroxyl groups is 1. The molecule has 0 amide bonds. The highest BCUT2D eigenvalue weighted by Crippen LogP contribution is 2.22. The maximum atomic E-state index is 10.8. The van der Waals surface area contributed by atoms with Crippen molar-refractivity contribution in [3.8, 4) is 11.5 Å². The molecule has 2 aromatic rings. The second kappa shape index (κ2) is 5.23. The molecule has 0 aliphatic carbocycles. The molecule has 4 nitrogen and oxygen atoms in total. The van der Waals surface area contributed by atoms with Crippen molar-refractivity contribution < 1.29 is 19.7 Å². The van der Waals surface area contributed by atoms with Crippen molar-refractivity contribution in [1.82, 2.24) is 0 Å². The van der Waals surface area contributed by atoms with Gasteiger partial charge in [0.15, 0.2) is 0 Å². The van der Waals surface area contributed by atoms with E-state index in [0.29, 0.717) is 12.4 Å². The fourth-order valence-corrected chi connectivity index (χ4v) is 1.53. The van der Waals surface area contributed by atoms with Crippen LogP contribution in [0.4, 0.5) is 0 Å². The minimum Gasteiger partial charge on any atom is -0.508 e. The molecule has 18 heavy (non-hydrogen) atoms. The van der Waals surface area contributed by atoms with Gasteiger partial charge in [-0.1, -0.05) is 30.3 Å². The summed E-state index contributed by atoms with van der Waals surface area (Å²) in [6.45, 7) is 0.323. The maximum Gasteiger partial charge on any atom is 0.335 e. The molecule has 0 saturated carbocycles. The van der Waals surface area contributed by atoms with Gasteiger partial charge in [0.2, 0.25) is 0 Å². The van der Waals surface area contributed by atoms with Crippen LogP contribution in [-0.4, -0.2) is 16.2 Å². The number of aromatic carboxylic acids is 1. The molecule has 2 rings (SSSR count). The standard InChI is InChI=1S/C14H12O4/c15-12-6-11(14(16)17)7-13(8-12)18-9-10-4-2-1-3-5-10/h1-8,15H,9H2,(H,16,17). The summed E-state index contributed by atoms with van der Waals surface area (Å²) < 4.78 is 5.44. The summed E-state index contributed by atoms with van der Waals surface area (Å²) >= 11 is 0. The van der Waals surface area contributed by atoms with Gasteiger partial charge in [-0.2, -0.15) is 0 Å². The van der Waals surface area contributed by atoms with Crippen LogP contribution in [0.3, 0.4) is 0 Å². The molecule has 0 fully saturated rings. The molecule has 0 heterocycles. The Morgan fingerprint density at radius 3 is 2.50 bits per heavy atom. The number of phenolic OH excluding ortho intramolecular Hbond substituents is 1. The summed E-state index contributed by atoms with van der Waals surface area (Å²) in [4.78, 5) is 10.8. The van der Waals surface area contributed by atoms with E-state index >= 15 is 0 Å². The van der Waals surface area contributed by atoms with Gasteiger partial charge in [0.25, 0.3) is 0 Å². The van der Waals surface area contributed by atoms with Crippen LogP contribution in [0.1, 0.15) is 15.9 Å². The second-order valence-electron chi connectivity index (χ2n) is 3.80. The lowest BCUT2D eigenvalue weighted by Gasteiger charge is -2.07. The number of phenols is 1. The first-order valence-electron chi connectivity index (χ1n) is 5.39. The zero-order valence-electron chi connectivity index (χ0n) is 9.54. The van der Waals surface area contributed by atoms with E-state index in [1.807, 2.05) is 30.3 Å². The van der Waals surface area contributed by atoms with Gasteiger partial charge in [0.05, 0.1) is 5.56 Å². The molecule has 0 saturated heterocycles. The minimum atomic E-state index is -1.10. The lowest BCUT2D eigenvalue weighted by Crippen LogP contribution is -1.99. The average Bonchev–Trinajstić information content (AvgIpc) is 2.37. The van der Waals surface area contributed by atoms with Crippen molar-refractivity contribution in [1.29, 1.82) is 0 Å².